The molecule has 2 aliphatic rings. The third kappa shape index (κ3) is 2.12. The van der Waals surface area contributed by atoms with Crippen molar-refractivity contribution in [1.82, 2.24) is 0 Å². The third-order valence-corrected chi connectivity index (χ3v) is 6.31. The number of rotatable bonds is 2. The quantitative estimate of drug-likeness (QED) is 0.534. The average Bonchev–Trinajstić information content (AvgIpc) is 2.12. The molecule has 86 valence electrons. The topological polar surface area (TPSA) is 26.3 Å². The minimum atomic E-state index is -1.36. The van der Waals surface area contributed by atoms with Crippen molar-refractivity contribution in [2.24, 2.45) is 5.92 Å². The van der Waals surface area contributed by atoms with Crippen LogP contribution in [0.3, 0.4) is 0 Å². The Morgan fingerprint density at radius 2 is 1.73 bits per heavy atom. The smallest absolute Gasteiger partial charge is 0.310 e. The second kappa shape index (κ2) is 3.93. The van der Waals surface area contributed by atoms with Gasteiger partial charge in [-0.2, -0.15) is 0 Å². The summed E-state index contributed by atoms with van der Waals surface area (Å²) in [4.78, 5) is 11.5. The summed E-state index contributed by atoms with van der Waals surface area (Å²) in [6.07, 6.45) is 6.87. The average molecular weight is 226 g/mol. The number of hydrogen-bond donors (Lipinski definition) is 0. The van der Waals surface area contributed by atoms with Gasteiger partial charge in [-0.1, -0.05) is 38.9 Å². The molecule has 0 spiro atoms. The number of ether oxygens (including phenoxy) is 1. The zero-order chi connectivity index (χ0) is 11.1. The molecule has 2 unspecified atom stereocenters. The van der Waals surface area contributed by atoms with Gasteiger partial charge in [0.05, 0.1) is 13.6 Å². The Hall–Kier alpha value is -0.313. The molecule has 15 heavy (non-hydrogen) atoms. The van der Waals surface area contributed by atoms with Crippen LogP contribution in [0.2, 0.25) is 25.2 Å². The highest BCUT2D eigenvalue weighted by molar-refractivity contribution is 6.81. The van der Waals surface area contributed by atoms with E-state index in [1.165, 1.54) is 32.1 Å². The van der Waals surface area contributed by atoms with Gasteiger partial charge in [-0.05, 0) is 18.8 Å². The molecule has 0 bridgehead atoms. The Kier molecular flexibility index (Phi) is 2.93. The van der Waals surface area contributed by atoms with E-state index in [1.807, 2.05) is 0 Å². The third-order valence-electron chi connectivity index (χ3n) is 3.88. The largest absolute Gasteiger partial charge is 0.461 e. The van der Waals surface area contributed by atoms with Gasteiger partial charge in [0.2, 0.25) is 0 Å². The molecule has 1 heterocycles. The van der Waals surface area contributed by atoms with E-state index >= 15 is 0 Å². The molecule has 0 aromatic heterocycles. The van der Waals surface area contributed by atoms with E-state index in [4.69, 9.17) is 4.74 Å². The van der Waals surface area contributed by atoms with Crippen molar-refractivity contribution in [1.29, 1.82) is 0 Å². The maximum absolute atomic E-state index is 11.5. The van der Waals surface area contributed by atoms with Gasteiger partial charge in [0.25, 0.3) is 0 Å². The number of cyclic esters (lactones) is 1. The monoisotopic (exact) mass is 226 g/mol. The minimum Gasteiger partial charge on any atom is -0.461 e. The van der Waals surface area contributed by atoms with Crippen LogP contribution in [0.25, 0.3) is 0 Å². The number of hydrogen-bond acceptors (Lipinski definition) is 2. The van der Waals surface area contributed by atoms with Crippen LogP contribution in [0.5, 0.6) is 0 Å². The molecule has 1 aliphatic carbocycles. The van der Waals surface area contributed by atoms with Crippen molar-refractivity contribution in [2.45, 2.75) is 63.4 Å². The normalized spacial score (nSPS) is 33.4. The van der Waals surface area contributed by atoms with Gasteiger partial charge < -0.3 is 4.74 Å². The van der Waals surface area contributed by atoms with Crippen LogP contribution in [-0.2, 0) is 9.53 Å². The Morgan fingerprint density at radius 3 is 2.20 bits per heavy atom. The first-order chi connectivity index (χ1) is 7.00. The molecule has 1 saturated carbocycles. The Bertz CT molecular complexity index is 251. The van der Waals surface area contributed by atoms with Crippen LogP contribution in [0.4, 0.5) is 0 Å². The molecule has 1 aliphatic heterocycles. The van der Waals surface area contributed by atoms with Gasteiger partial charge in [0, 0.05) is 0 Å². The molecular weight excluding hydrogens is 204 g/mol. The summed E-state index contributed by atoms with van der Waals surface area (Å²) < 4.78 is 5.41. The molecule has 0 N–H and O–H groups in total. The molecule has 0 aromatic rings. The lowest BCUT2D eigenvalue weighted by Gasteiger charge is -2.46. The lowest BCUT2D eigenvalue weighted by atomic mass is 9.82. The number of esters is 1. The zero-order valence-corrected chi connectivity index (χ0v) is 11.1. The van der Waals surface area contributed by atoms with Crippen LogP contribution in [0.1, 0.15) is 32.1 Å². The first kappa shape index (κ1) is 11.2. The van der Waals surface area contributed by atoms with Crippen molar-refractivity contribution in [3.05, 3.63) is 0 Å². The zero-order valence-electron chi connectivity index (χ0n) is 10.1. The molecule has 2 nitrogen and oxygen atoms in total. The highest BCUT2D eigenvalue weighted by atomic mass is 28.3. The summed E-state index contributed by atoms with van der Waals surface area (Å²) in [7, 11) is -1.36. The second-order valence-corrected chi connectivity index (χ2v) is 11.5. The van der Waals surface area contributed by atoms with Gasteiger partial charge in [-0.15, -0.1) is 0 Å². The summed E-state index contributed by atoms with van der Waals surface area (Å²) in [6.45, 7) is 6.86. The van der Waals surface area contributed by atoms with Crippen LogP contribution < -0.4 is 0 Å². The van der Waals surface area contributed by atoms with Crippen molar-refractivity contribution < 1.29 is 9.53 Å². The van der Waals surface area contributed by atoms with Crippen LogP contribution in [0, 0.1) is 5.92 Å². The fourth-order valence-electron chi connectivity index (χ4n) is 3.01. The van der Waals surface area contributed by atoms with Crippen molar-refractivity contribution in [3.63, 3.8) is 0 Å². The first-order valence-electron chi connectivity index (χ1n) is 6.20. The molecule has 2 atom stereocenters. The van der Waals surface area contributed by atoms with E-state index in [9.17, 15) is 4.79 Å². The van der Waals surface area contributed by atoms with Gasteiger partial charge in [0.15, 0.2) is 0 Å². The lowest BCUT2D eigenvalue weighted by molar-refractivity contribution is -0.176. The first-order valence-corrected chi connectivity index (χ1v) is 9.78. The maximum atomic E-state index is 11.5. The van der Waals surface area contributed by atoms with E-state index in [2.05, 4.69) is 19.6 Å². The molecule has 1 saturated heterocycles. The van der Waals surface area contributed by atoms with Gasteiger partial charge in [-0.25, -0.2) is 0 Å². The number of carbonyl (C=O) groups excluding carboxylic acids is 1. The summed E-state index contributed by atoms with van der Waals surface area (Å²) in [5.41, 5.74) is 0.278. The fourth-order valence-corrected chi connectivity index (χ4v) is 5.12. The maximum Gasteiger partial charge on any atom is 0.310 e. The Balaban J connectivity index is 2.01. The predicted molar refractivity (Wildman–Crippen MR) is 63.6 cm³/mol. The van der Waals surface area contributed by atoms with Gasteiger partial charge >= 0.3 is 5.97 Å². The van der Waals surface area contributed by atoms with E-state index < -0.39 is 8.07 Å². The fraction of sp³-hybridized carbons (Fsp3) is 0.917. The molecular formula is C12H22O2Si. The molecule has 0 aromatic carbocycles. The molecule has 0 amide bonds. The van der Waals surface area contributed by atoms with Gasteiger partial charge in [-0.3, -0.25) is 4.79 Å². The van der Waals surface area contributed by atoms with Gasteiger partial charge in [0.1, 0.15) is 6.10 Å². The van der Waals surface area contributed by atoms with Crippen LogP contribution in [-0.4, -0.2) is 20.1 Å². The summed E-state index contributed by atoms with van der Waals surface area (Å²) in [5, 5.41) is 0. The van der Waals surface area contributed by atoms with E-state index in [-0.39, 0.29) is 17.6 Å². The molecule has 3 heteroatoms. The van der Waals surface area contributed by atoms with E-state index in [0.717, 1.165) is 0 Å². The molecule has 2 fully saturated rings. The minimum absolute atomic E-state index is 0.0877. The van der Waals surface area contributed by atoms with Crippen molar-refractivity contribution in [3.8, 4) is 0 Å². The predicted octanol–water partition coefficient (Wildman–Crippen LogP) is 3.20. The van der Waals surface area contributed by atoms with E-state index in [0.29, 0.717) is 5.92 Å². The van der Waals surface area contributed by atoms with Crippen LogP contribution >= 0.6 is 0 Å². The highest BCUT2D eigenvalue weighted by Crippen LogP contribution is 2.45. The molecule has 2 rings (SSSR count). The summed E-state index contributed by atoms with van der Waals surface area (Å²) >= 11 is 0. The standard InChI is InChI=1S/C12H22O2Si/c1-15(2,3)11-10(14-12(11)13)9-7-5-4-6-8-9/h9-11H,4-8H2,1-3H3. The van der Waals surface area contributed by atoms with E-state index in [1.54, 1.807) is 0 Å². The molecule has 0 radical (unpaired) electrons. The summed E-state index contributed by atoms with van der Waals surface area (Å²) in [5.74, 6) is 0.762. The Morgan fingerprint density at radius 1 is 1.13 bits per heavy atom. The SMILES string of the molecule is C[Si](C)(C)C1C(=O)OC1C1CCCCC1. The number of carbonyl (C=O) groups is 1. The van der Waals surface area contributed by atoms with Crippen LogP contribution in [0.15, 0.2) is 0 Å². The van der Waals surface area contributed by atoms with Crippen molar-refractivity contribution >= 4 is 14.0 Å². The highest BCUT2D eigenvalue weighted by Gasteiger charge is 2.53. The van der Waals surface area contributed by atoms with Crippen molar-refractivity contribution in [2.75, 3.05) is 0 Å². The summed E-state index contributed by atoms with van der Waals surface area (Å²) in [6, 6.07) is 0. The lowest BCUT2D eigenvalue weighted by Crippen LogP contribution is -2.55. The Labute approximate surface area is 93.4 Å². The second-order valence-electron chi connectivity index (χ2n) is 6.14.